The highest BCUT2D eigenvalue weighted by Gasteiger charge is 2.39. The van der Waals surface area contributed by atoms with Crippen molar-refractivity contribution in [3.8, 4) is 5.75 Å². The Balaban J connectivity index is 1.63. The van der Waals surface area contributed by atoms with Gasteiger partial charge in [0.25, 0.3) is 5.91 Å². The molecule has 5 nitrogen and oxygen atoms in total. The number of nitrogens with one attached hydrogen (secondary N) is 1. The summed E-state index contributed by atoms with van der Waals surface area (Å²) in [4.78, 5) is 26.0. The molecule has 0 saturated carbocycles. The van der Waals surface area contributed by atoms with E-state index >= 15 is 0 Å². The Labute approximate surface area is 160 Å². The molecule has 1 unspecified atom stereocenters. The number of imide groups is 1. The molecule has 1 aliphatic heterocycles. The quantitative estimate of drug-likeness (QED) is 0.765. The van der Waals surface area contributed by atoms with E-state index in [0.29, 0.717) is 23.6 Å². The van der Waals surface area contributed by atoms with Gasteiger partial charge in [-0.1, -0.05) is 12.1 Å². The van der Waals surface area contributed by atoms with E-state index in [0.717, 1.165) is 17.0 Å². The van der Waals surface area contributed by atoms with E-state index in [1.54, 1.807) is 24.3 Å². The summed E-state index contributed by atoms with van der Waals surface area (Å²) in [5.74, 6) is -0.0810. The number of ether oxygens (including phenoxy) is 1. The van der Waals surface area contributed by atoms with E-state index in [9.17, 15) is 22.8 Å². The molecule has 2 aromatic carbocycles. The van der Waals surface area contributed by atoms with Crippen LogP contribution >= 0.6 is 0 Å². The van der Waals surface area contributed by atoms with Crippen molar-refractivity contribution in [1.82, 2.24) is 5.32 Å². The average Bonchev–Trinajstić information content (AvgIpc) is 2.94. The molecule has 2 amide bonds. The van der Waals surface area contributed by atoms with E-state index in [4.69, 9.17) is 4.74 Å². The van der Waals surface area contributed by atoms with Crippen molar-refractivity contribution >= 4 is 17.5 Å². The second-order valence-electron chi connectivity index (χ2n) is 6.33. The molecule has 1 saturated heterocycles. The van der Waals surface area contributed by atoms with Crippen LogP contribution in [-0.2, 0) is 22.3 Å². The average molecular weight is 392 g/mol. The van der Waals surface area contributed by atoms with Crippen molar-refractivity contribution in [2.45, 2.75) is 32.1 Å². The maximum Gasteiger partial charge on any atom is 0.416 e. The van der Waals surface area contributed by atoms with Crippen LogP contribution in [-0.4, -0.2) is 24.5 Å². The molecule has 1 heterocycles. The number of rotatable bonds is 6. The zero-order chi connectivity index (χ0) is 20.3. The Kier molecular flexibility index (Phi) is 5.69. The van der Waals surface area contributed by atoms with E-state index in [1.165, 1.54) is 12.1 Å². The first-order chi connectivity index (χ1) is 13.3. The van der Waals surface area contributed by atoms with Crippen LogP contribution in [0.1, 0.15) is 24.5 Å². The summed E-state index contributed by atoms with van der Waals surface area (Å²) in [6.07, 6.45) is -4.40. The number of carbonyl (C=O) groups excluding carboxylic acids is 2. The molecule has 3 rings (SSSR count). The van der Waals surface area contributed by atoms with Gasteiger partial charge in [-0.25, -0.2) is 4.90 Å². The van der Waals surface area contributed by atoms with Crippen LogP contribution in [0.4, 0.5) is 18.9 Å². The number of hydrogen-bond donors (Lipinski definition) is 1. The summed E-state index contributed by atoms with van der Waals surface area (Å²) in [5.41, 5.74) is 0.315. The van der Waals surface area contributed by atoms with Gasteiger partial charge in [-0.05, 0) is 48.9 Å². The Morgan fingerprint density at radius 1 is 1.07 bits per heavy atom. The molecule has 148 valence electrons. The third kappa shape index (κ3) is 4.33. The minimum Gasteiger partial charge on any atom is -0.494 e. The number of hydrogen-bond acceptors (Lipinski definition) is 4. The normalized spacial score (nSPS) is 17.3. The Morgan fingerprint density at radius 2 is 1.71 bits per heavy atom. The number of benzene rings is 2. The Hall–Kier alpha value is -2.87. The second kappa shape index (κ2) is 8.02. The fourth-order valence-electron chi connectivity index (χ4n) is 2.97. The van der Waals surface area contributed by atoms with Crippen molar-refractivity contribution in [1.29, 1.82) is 0 Å². The Morgan fingerprint density at radius 3 is 2.29 bits per heavy atom. The molecule has 0 aliphatic carbocycles. The molecule has 1 atom stereocenters. The SMILES string of the molecule is CCOc1ccc(N2C(=O)CC(NCc3ccc(C(F)(F)F)cc3)C2=O)cc1. The monoisotopic (exact) mass is 392 g/mol. The molecular weight excluding hydrogens is 373 g/mol. The van der Waals surface area contributed by atoms with Gasteiger partial charge in [0, 0.05) is 6.54 Å². The number of anilines is 1. The van der Waals surface area contributed by atoms with E-state index in [2.05, 4.69) is 5.32 Å². The van der Waals surface area contributed by atoms with Crippen molar-refractivity contribution < 1.29 is 27.5 Å². The maximum absolute atomic E-state index is 12.6. The zero-order valence-electron chi connectivity index (χ0n) is 15.1. The van der Waals surface area contributed by atoms with Crippen LogP contribution in [0.2, 0.25) is 0 Å². The third-order valence-electron chi connectivity index (χ3n) is 4.39. The second-order valence-corrected chi connectivity index (χ2v) is 6.33. The summed E-state index contributed by atoms with van der Waals surface area (Å²) in [7, 11) is 0. The van der Waals surface area contributed by atoms with Crippen LogP contribution in [0, 0.1) is 0 Å². The van der Waals surface area contributed by atoms with Crippen molar-refractivity contribution in [3.05, 3.63) is 59.7 Å². The number of alkyl halides is 3. The topological polar surface area (TPSA) is 58.6 Å². The van der Waals surface area contributed by atoms with Crippen LogP contribution in [0.5, 0.6) is 5.75 Å². The molecule has 2 aromatic rings. The largest absolute Gasteiger partial charge is 0.494 e. The van der Waals surface area contributed by atoms with Gasteiger partial charge < -0.3 is 10.1 Å². The minimum atomic E-state index is -4.39. The van der Waals surface area contributed by atoms with Gasteiger partial charge in [0.15, 0.2) is 0 Å². The molecule has 0 bridgehead atoms. The molecule has 1 aliphatic rings. The summed E-state index contributed by atoms with van der Waals surface area (Å²) >= 11 is 0. The lowest BCUT2D eigenvalue weighted by Crippen LogP contribution is -2.38. The minimum absolute atomic E-state index is 0.00726. The number of halogens is 3. The third-order valence-corrected chi connectivity index (χ3v) is 4.39. The number of carbonyl (C=O) groups is 2. The molecule has 1 fully saturated rings. The Bertz CT molecular complexity index is 848. The molecule has 8 heteroatoms. The molecule has 0 spiro atoms. The van der Waals surface area contributed by atoms with Crippen LogP contribution < -0.4 is 15.0 Å². The van der Waals surface area contributed by atoms with E-state index < -0.39 is 17.8 Å². The highest BCUT2D eigenvalue weighted by molar-refractivity contribution is 6.22. The number of nitrogens with zero attached hydrogens (tertiary/aromatic N) is 1. The van der Waals surface area contributed by atoms with Gasteiger partial charge >= 0.3 is 6.18 Å². The first kappa shape index (κ1) is 19.9. The molecular formula is C20H19F3N2O3. The van der Waals surface area contributed by atoms with Gasteiger partial charge in [-0.2, -0.15) is 13.2 Å². The lowest BCUT2D eigenvalue weighted by molar-refractivity contribution is -0.137. The first-order valence-corrected chi connectivity index (χ1v) is 8.78. The lowest BCUT2D eigenvalue weighted by Gasteiger charge is -2.16. The molecule has 28 heavy (non-hydrogen) atoms. The van der Waals surface area contributed by atoms with Crippen molar-refractivity contribution in [2.75, 3.05) is 11.5 Å². The van der Waals surface area contributed by atoms with Crippen molar-refractivity contribution in [2.24, 2.45) is 0 Å². The predicted molar refractivity (Wildman–Crippen MR) is 96.8 cm³/mol. The molecule has 0 aromatic heterocycles. The highest BCUT2D eigenvalue weighted by atomic mass is 19.4. The summed E-state index contributed by atoms with van der Waals surface area (Å²) in [6.45, 7) is 2.55. The van der Waals surface area contributed by atoms with Crippen LogP contribution in [0.15, 0.2) is 48.5 Å². The van der Waals surface area contributed by atoms with Gasteiger partial charge in [0.1, 0.15) is 5.75 Å². The first-order valence-electron chi connectivity index (χ1n) is 8.78. The van der Waals surface area contributed by atoms with Crippen LogP contribution in [0.3, 0.4) is 0 Å². The summed E-state index contributed by atoms with van der Waals surface area (Å²) in [6, 6.07) is 10.6. The summed E-state index contributed by atoms with van der Waals surface area (Å²) < 4.78 is 43.2. The van der Waals surface area contributed by atoms with Gasteiger partial charge in [-0.15, -0.1) is 0 Å². The van der Waals surface area contributed by atoms with Crippen LogP contribution in [0.25, 0.3) is 0 Å². The zero-order valence-corrected chi connectivity index (χ0v) is 15.1. The van der Waals surface area contributed by atoms with E-state index in [-0.39, 0.29) is 24.8 Å². The van der Waals surface area contributed by atoms with Crippen molar-refractivity contribution in [3.63, 3.8) is 0 Å². The lowest BCUT2D eigenvalue weighted by atomic mass is 10.1. The fraction of sp³-hybridized carbons (Fsp3) is 0.300. The summed E-state index contributed by atoms with van der Waals surface area (Å²) in [5, 5.41) is 2.95. The van der Waals surface area contributed by atoms with Gasteiger partial charge in [-0.3, -0.25) is 9.59 Å². The van der Waals surface area contributed by atoms with Gasteiger partial charge in [0.2, 0.25) is 5.91 Å². The fourth-order valence-corrected chi connectivity index (χ4v) is 2.97. The molecule has 0 radical (unpaired) electrons. The number of amides is 2. The standard InChI is InChI=1S/C20H19F3N2O3/c1-2-28-16-9-7-15(8-10-16)25-18(26)11-17(19(25)27)24-12-13-3-5-14(6-4-13)20(21,22)23/h3-10,17,24H,2,11-12H2,1H3. The predicted octanol–water partition coefficient (Wildman–Crippen LogP) is 3.53. The maximum atomic E-state index is 12.6. The smallest absolute Gasteiger partial charge is 0.416 e. The van der Waals surface area contributed by atoms with Gasteiger partial charge in [0.05, 0.1) is 30.3 Å². The molecule has 1 N–H and O–H groups in total. The highest BCUT2D eigenvalue weighted by Crippen LogP contribution is 2.29. The van der Waals surface area contributed by atoms with E-state index in [1.807, 2.05) is 6.92 Å².